The molecule has 1 amide bonds. The molecule has 20 heavy (non-hydrogen) atoms. The van der Waals surface area contributed by atoms with E-state index in [1.165, 1.54) is 4.90 Å². The molecule has 1 atom stereocenters. The Morgan fingerprint density at radius 3 is 2.80 bits per heavy atom. The normalized spacial score (nSPS) is 24.1. The topological polar surface area (TPSA) is 75.8 Å². The highest BCUT2D eigenvalue weighted by Gasteiger charge is 2.43. The third-order valence-electron chi connectivity index (χ3n) is 4.23. The molecule has 2 aliphatic heterocycles. The number of piperidine rings is 1. The van der Waals surface area contributed by atoms with Crippen LogP contribution in [0.1, 0.15) is 30.9 Å². The number of rotatable bonds is 0. The molecule has 5 nitrogen and oxygen atoms in total. The van der Waals surface area contributed by atoms with E-state index in [1.807, 2.05) is 18.2 Å². The Hall–Kier alpha value is -1.27. The molecule has 6 heteroatoms. The largest absolute Gasteiger partial charge is 0.487 e. The van der Waals surface area contributed by atoms with Crippen LogP contribution in [0, 0.1) is 0 Å². The maximum Gasteiger partial charge on any atom is 0.407 e. The van der Waals surface area contributed by atoms with Gasteiger partial charge in [-0.2, -0.15) is 0 Å². The van der Waals surface area contributed by atoms with Crippen LogP contribution in [-0.2, 0) is 0 Å². The van der Waals surface area contributed by atoms with Crippen molar-refractivity contribution in [2.45, 2.75) is 30.9 Å². The van der Waals surface area contributed by atoms with Crippen LogP contribution < -0.4 is 10.5 Å². The first-order chi connectivity index (χ1) is 9.49. The molecule has 1 saturated heterocycles. The average Bonchev–Trinajstić information content (AvgIpc) is 2.40. The van der Waals surface area contributed by atoms with Gasteiger partial charge in [0.1, 0.15) is 11.4 Å². The van der Waals surface area contributed by atoms with Crippen molar-refractivity contribution in [1.82, 2.24) is 4.90 Å². The molecule has 1 aromatic rings. The van der Waals surface area contributed by atoms with Gasteiger partial charge in [-0.15, -0.1) is 0 Å². The number of fused-ring (bicyclic) bond motifs is 1. The van der Waals surface area contributed by atoms with Crippen LogP contribution in [0.5, 0.6) is 5.75 Å². The lowest BCUT2D eigenvalue weighted by Crippen LogP contribution is -2.52. The van der Waals surface area contributed by atoms with Crippen LogP contribution in [0.25, 0.3) is 0 Å². The molecule has 2 aliphatic rings. The maximum atomic E-state index is 11.0. The van der Waals surface area contributed by atoms with E-state index in [0.717, 1.165) is 22.2 Å². The van der Waals surface area contributed by atoms with Crippen LogP contribution >= 0.6 is 15.9 Å². The first-order valence-electron chi connectivity index (χ1n) is 6.71. The van der Waals surface area contributed by atoms with Gasteiger partial charge in [0.25, 0.3) is 0 Å². The van der Waals surface area contributed by atoms with Crippen LogP contribution in [0.3, 0.4) is 0 Å². The first-order valence-corrected chi connectivity index (χ1v) is 7.50. The second-order valence-corrected chi connectivity index (χ2v) is 6.46. The van der Waals surface area contributed by atoms with E-state index >= 15 is 0 Å². The van der Waals surface area contributed by atoms with Gasteiger partial charge in [-0.1, -0.05) is 15.9 Å². The zero-order chi connectivity index (χ0) is 14.3. The molecule has 3 rings (SSSR count). The molecule has 0 aliphatic carbocycles. The molecule has 3 N–H and O–H groups in total. The van der Waals surface area contributed by atoms with Gasteiger partial charge in [0.05, 0.1) is 0 Å². The van der Waals surface area contributed by atoms with Gasteiger partial charge in [-0.05, 0) is 18.2 Å². The SMILES string of the molecule is NC1CC2(CCN(C(=O)O)CC2)Oc2ccc(Br)cc21. The Morgan fingerprint density at radius 2 is 2.15 bits per heavy atom. The molecule has 108 valence electrons. The van der Waals surface area contributed by atoms with Crippen LogP contribution in [0.4, 0.5) is 4.79 Å². The summed E-state index contributed by atoms with van der Waals surface area (Å²) in [6.07, 6.45) is 1.28. The van der Waals surface area contributed by atoms with Crippen molar-refractivity contribution in [2.24, 2.45) is 5.73 Å². The minimum Gasteiger partial charge on any atom is -0.487 e. The Kier molecular flexibility index (Phi) is 3.38. The van der Waals surface area contributed by atoms with Gasteiger partial charge >= 0.3 is 6.09 Å². The number of halogens is 1. The number of hydrogen-bond acceptors (Lipinski definition) is 3. The number of amides is 1. The Bertz CT molecular complexity index is 541. The molecule has 2 heterocycles. The highest BCUT2D eigenvalue weighted by molar-refractivity contribution is 9.10. The molecule has 0 radical (unpaired) electrons. The minimum absolute atomic E-state index is 0.0624. The number of hydrogen-bond donors (Lipinski definition) is 2. The number of nitrogens with two attached hydrogens (primary N) is 1. The number of carbonyl (C=O) groups is 1. The van der Waals surface area contributed by atoms with E-state index in [0.29, 0.717) is 25.9 Å². The summed E-state index contributed by atoms with van der Waals surface area (Å²) in [6, 6.07) is 5.81. The van der Waals surface area contributed by atoms with Gasteiger partial charge in [-0.25, -0.2) is 4.79 Å². The molecule has 1 unspecified atom stereocenters. The molecule has 1 aromatic carbocycles. The third kappa shape index (κ3) is 2.38. The lowest BCUT2D eigenvalue weighted by Gasteiger charge is -2.45. The van der Waals surface area contributed by atoms with Crippen molar-refractivity contribution in [3.8, 4) is 5.75 Å². The van der Waals surface area contributed by atoms with Gasteiger partial charge in [-0.3, -0.25) is 0 Å². The van der Waals surface area contributed by atoms with E-state index in [2.05, 4.69) is 15.9 Å². The number of nitrogens with zero attached hydrogens (tertiary/aromatic N) is 1. The fourth-order valence-corrected chi connectivity index (χ4v) is 3.48. The zero-order valence-electron chi connectivity index (χ0n) is 11.0. The number of likely N-dealkylation sites (tertiary alicyclic amines) is 1. The second kappa shape index (κ2) is 4.93. The van der Waals surface area contributed by atoms with Gasteiger partial charge in [0.15, 0.2) is 0 Å². The van der Waals surface area contributed by atoms with Crippen molar-refractivity contribution in [2.75, 3.05) is 13.1 Å². The minimum atomic E-state index is -0.857. The Morgan fingerprint density at radius 1 is 1.45 bits per heavy atom. The average molecular weight is 341 g/mol. The van der Waals surface area contributed by atoms with E-state index in [-0.39, 0.29) is 11.6 Å². The van der Waals surface area contributed by atoms with Gasteiger partial charge < -0.3 is 20.5 Å². The molecular formula is C14H17BrN2O3. The molecule has 0 aromatic heterocycles. The van der Waals surface area contributed by atoms with E-state index < -0.39 is 6.09 Å². The van der Waals surface area contributed by atoms with E-state index in [1.54, 1.807) is 0 Å². The van der Waals surface area contributed by atoms with Crippen LogP contribution in [0.2, 0.25) is 0 Å². The molecule has 0 saturated carbocycles. The lowest BCUT2D eigenvalue weighted by atomic mass is 9.81. The monoisotopic (exact) mass is 340 g/mol. The highest BCUT2D eigenvalue weighted by atomic mass is 79.9. The predicted molar refractivity (Wildman–Crippen MR) is 77.9 cm³/mol. The third-order valence-corrected chi connectivity index (χ3v) is 4.73. The number of ether oxygens (including phenoxy) is 1. The summed E-state index contributed by atoms with van der Waals surface area (Å²) in [4.78, 5) is 12.4. The summed E-state index contributed by atoms with van der Waals surface area (Å²) in [7, 11) is 0. The summed E-state index contributed by atoms with van der Waals surface area (Å²) in [5.74, 6) is 0.829. The lowest BCUT2D eigenvalue weighted by molar-refractivity contribution is -0.0175. The van der Waals surface area contributed by atoms with Gasteiger partial charge in [0, 0.05) is 48.4 Å². The van der Waals surface area contributed by atoms with Crippen LogP contribution in [0.15, 0.2) is 22.7 Å². The van der Waals surface area contributed by atoms with Gasteiger partial charge in [0.2, 0.25) is 0 Å². The van der Waals surface area contributed by atoms with Crippen molar-refractivity contribution in [3.05, 3.63) is 28.2 Å². The smallest absolute Gasteiger partial charge is 0.407 e. The fraction of sp³-hybridized carbons (Fsp3) is 0.500. The van der Waals surface area contributed by atoms with Crippen molar-refractivity contribution < 1.29 is 14.6 Å². The maximum absolute atomic E-state index is 11.0. The van der Waals surface area contributed by atoms with Crippen molar-refractivity contribution in [1.29, 1.82) is 0 Å². The summed E-state index contributed by atoms with van der Waals surface area (Å²) in [6.45, 7) is 1.02. The van der Waals surface area contributed by atoms with Crippen LogP contribution in [-0.4, -0.2) is 34.8 Å². The summed E-state index contributed by atoms with van der Waals surface area (Å²) in [5, 5.41) is 9.02. The first kappa shape index (κ1) is 13.7. The predicted octanol–water partition coefficient (Wildman–Crippen LogP) is 2.74. The fourth-order valence-electron chi connectivity index (χ4n) is 3.10. The molecule has 0 bridgehead atoms. The second-order valence-electron chi connectivity index (χ2n) is 5.55. The molecular weight excluding hydrogens is 324 g/mol. The quantitative estimate of drug-likeness (QED) is 0.761. The van der Waals surface area contributed by atoms with E-state index in [9.17, 15) is 4.79 Å². The summed E-state index contributed by atoms with van der Waals surface area (Å²) >= 11 is 3.45. The standard InChI is InChI=1S/C14H17BrN2O3/c15-9-1-2-12-10(7-9)11(16)8-14(20-12)3-5-17(6-4-14)13(18)19/h1-2,7,11H,3-6,8,16H2,(H,18,19). The Labute approximate surface area is 125 Å². The Balaban J connectivity index is 1.81. The molecule has 1 spiro atoms. The summed E-state index contributed by atoms with van der Waals surface area (Å²) in [5.41, 5.74) is 6.99. The van der Waals surface area contributed by atoms with Crippen molar-refractivity contribution in [3.63, 3.8) is 0 Å². The summed E-state index contributed by atoms with van der Waals surface area (Å²) < 4.78 is 7.19. The number of carboxylic acid groups (broad SMARTS) is 1. The highest BCUT2D eigenvalue weighted by Crippen LogP contribution is 2.44. The molecule has 1 fully saturated rings. The van der Waals surface area contributed by atoms with E-state index in [4.69, 9.17) is 15.6 Å². The number of benzene rings is 1. The zero-order valence-corrected chi connectivity index (χ0v) is 12.6. The van der Waals surface area contributed by atoms with Crippen molar-refractivity contribution >= 4 is 22.0 Å².